The third kappa shape index (κ3) is 3.15. The lowest BCUT2D eigenvalue weighted by molar-refractivity contribution is 0.394. The Hall–Kier alpha value is -1.70. The Labute approximate surface area is 128 Å². The van der Waals surface area contributed by atoms with Gasteiger partial charge in [-0.3, -0.25) is 4.72 Å². The Morgan fingerprint density at radius 3 is 2.71 bits per heavy atom. The van der Waals surface area contributed by atoms with Crippen LogP contribution in [0.1, 0.15) is 11.1 Å². The molecule has 1 aliphatic rings. The smallest absolute Gasteiger partial charge is 0.254 e. The van der Waals surface area contributed by atoms with E-state index in [4.69, 9.17) is 11.6 Å². The van der Waals surface area contributed by atoms with Gasteiger partial charge in [0.25, 0.3) is 0 Å². The molecule has 0 saturated heterocycles. The number of halogens is 1. The van der Waals surface area contributed by atoms with Gasteiger partial charge >= 0.3 is 10.2 Å². The van der Waals surface area contributed by atoms with E-state index in [1.54, 1.807) is 0 Å². The number of rotatable bonds is 3. The molecule has 0 saturated carbocycles. The number of fused-ring (bicyclic) bond motifs is 1. The average Bonchev–Trinajstić information content (AvgIpc) is 2.46. The molecule has 2 aromatic rings. The molecule has 0 atom stereocenters. The fraction of sp³-hybridized carbons (Fsp3) is 0.231. The van der Waals surface area contributed by atoms with Gasteiger partial charge in [-0.15, -0.1) is 0 Å². The molecule has 2 heterocycles. The molecule has 3 rings (SSSR count). The summed E-state index contributed by atoms with van der Waals surface area (Å²) in [6, 6.07) is 9.30. The molecule has 1 aromatic heterocycles. The molecule has 1 N–H and O–H groups in total. The van der Waals surface area contributed by atoms with E-state index < -0.39 is 10.2 Å². The minimum absolute atomic E-state index is 0.000750. The van der Waals surface area contributed by atoms with Gasteiger partial charge in [0.05, 0.1) is 0 Å². The molecular formula is C13H13ClN4O2S. The molecule has 6 nitrogen and oxygen atoms in total. The predicted octanol–water partition coefficient (Wildman–Crippen LogP) is 1.84. The second-order valence-corrected chi connectivity index (χ2v) is 6.68. The molecule has 0 amide bonds. The molecule has 21 heavy (non-hydrogen) atoms. The maximum absolute atomic E-state index is 12.4. The maximum Gasteiger partial charge on any atom is 0.303 e. The zero-order chi connectivity index (χ0) is 14.9. The molecule has 0 aliphatic carbocycles. The summed E-state index contributed by atoms with van der Waals surface area (Å²) in [4.78, 5) is 7.55. The Morgan fingerprint density at radius 1 is 1.19 bits per heavy atom. The van der Waals surface area contributed by atoms with Crippen LogP contribution in [0.25, 0.3) is 0 Å². The second-order valence-electron chi connectivity index (χ2n) is 4.67. The van der Waals surface area contributed by atoms with Gasteiger partial charge in [0.1, 0.15) is 5.82 Å². The highest BCUT2D eigenvalue weighted by atomic mass is 35.5. The number of benzene rings is 1. The Kier molecular flexibility index (Phi) is 3.79. The lowest BCUT2D eigenvalue weighted by Gasteiger charge is -2.28. The Morgan fingerprint density at radius 2 is 1.95 bits per heavy atom. The van der Waals surface area contributed by atoms with Crippen LogP contribution in [-0.2, 0) is 23.2 Å². The molecule has 0 fully saturated rings. The quantitative estimate of drug-likeness (QED) is 0.874. The number of nitrogens with one attached hydrogen (secondary N) is 1. The van der Waals surface area contributed by atoms with Crippen LogP contribution in [-0.4, -0.2) is 29.2 Å². The van der Waals surface area contributed by atoms with Crippen LogP contribution in [0.3, 0.4) is 0 Å². The fourth-order valence-electron chi connectivity index (χ4n) is 2.26. The Bertz CT molecular complexity index is 766. The third-order valence-electron chi connectivity index (χ3n) is 3.30. The van der Waals surface area contributed by atoms with E-state index in [0.29, 0.717) is 19.5 Å². The van der Waals surface area contributed by atoms with Crippen LogP contribution in [0.5, 0.6) is 0 Å². The summed E-state index contributed by atoms with van der Waals surface area (Å²) in [7, 11) is -3.66. The number of aromatic nitrogens is 2. The summed E-state index contributed by atoms with van der Waals surface area (Å²) in [6.07, 6.45) is 2.10. The van der Waals surface area contributed by atoms with Crippen LogP contribution in [0, 0.1) is 0 Å². The summed E-state index contributed by atoms with van der Waals surface area (Å²) in [5.74, 6) is 0.161. The van der Waals surface area contributed by atoms with Gasteiger partial charge < -0.3 is 0 Å². The number of nitrogens with zero attached hydrogens (tertiary/aromatic N) is 3. The highest BCUT2D eigenvalue weighted by molar-refractivity contribution is 7.90. The molecule has 0 radical (unpaired) electrons. The highest BCUT2D eigenvalue weighted by Crippen LogP contribution is 2.21. The van der Waals surface area contributed by atoms with Gasteiger partial charge in [-0.05, 0) is 35.2 Å². The van der Waals surface area contributed by atoms with Crippen molar-refractivity contribution in [1.29, 1.82) is 0 Å². The molecule has 1 aliphatic heterocycles. The zero-order valence-electron chi connectivity index (χ0n) is 11.0. The molecule has 0 bridgehead atoms. The molecule has 110 valence electrons. The van der Waals surface area contributed by atoms with Gasteiger partial charge in [0, 0.05) is 19.3 Å². The third-order valence-corrected chi connectivity index (χ3v) is 4.94. The summed E-state index contributed by atoms with van der Waals surface area (Å²) in [5, 5.41) is -0.000750. The second kappa shape index (κ2) is 5.59. The monoisotopic (exact) mass is 324 g/mol. The predicted molar refractivity (Wildman–Crippen MR) is 80.1 cm³/mol. The normalized spacial score (nSPS) is 15.5. The zero-order valence-corrected chi connectivity index (χ0v) is 12.6. The first-order chi connectivity index (χ1) is 10.0. The standard InChI is InChI=1S/C13H13ClN4O2S/c14-13-15-7-5-12(16-13)17-21(19,20)18-8-6-10-3-1-2-4-11(10)9-18/h1-5,7H,6,8-9H2,(H,15,16,17). The maximum atomic E-state index is 12.4. The van der Waals surface area contributed by atoms with E-state index >= 15 is 0 Å². The van der Waals surface area contributed by atoms with Crippen LogP contribution in [0.15, 0.2) is 36.5 Å². The van der Waals surface area contributed by atoms with Crippen LogP contribution in [0.2, 0.25) is 5.28 Å². The minimum Gasteiger partial charge on any atom is -0.254 e. The van der Waals surface area contributed by atoms with Gasteiger partial charge in [-0.25, -0.2) is 4.98 Å². The van der Waals surface area contributed by atoms with Gasteiger partial charge in [0.15, 0.2) is 0 Å². The van der Waals surface area contributed by atoms with Crippen molar-refractivity contribution < 1.29 is 8.42 Å². The van der Waals surface area contributed by atoms with E-state index in [1.807, 2.05) is 24.3 Å². The van der Waals surface area contributed by atoms with E-state index in [9.17, 15) is 8.42 Å². The van der Waals surface area contributed by atoms with Crippen molar-refractivity contribution in [3.63, 3.8) is 0 Å². The molecular weight excluding hydrogens is 312 g/mol. The summed E-state index contributed by atoms with van der Waals surface area (Å²) >= 11 is 5.66. The van der Waals surface area contributed by atoms with Crippen molar-refractivity contribution in [1.82, 2.24) is 14.3 Å². The highest BCUT2D eigenvalue weighted by Gasteiger charge is 2.26. The summed E-state index contributed by atoms with van der Waals surface area (Å²) in [5.41, 5.74) is 2.21. The van der Waals surface area contributed by atoms with Crippen molar-refractivity contribution in [3.8, 4) is 0 Å². The van der Waals surface area contributed by atoms with Crippen molar-refractivity contribution in [2.75, 3.05) is 11.3 Å². The number of anilines is 1. The molecule has 0 unspecified atom stereocenters. The van der Waals surface area contributed by atoms with Crippen LogP contribution in [0.4, 0.5) is 5.82 Å². The van der Waals surface area contributed by atoms with Crippen molar-refractivity contribution >= 4 is 27.6 Å². The van der Waals surface area contributed by atoms with E-state index in [0.717, 1.165) is 5.56 Å². The number of hydrogen-bond donors (Lipinski definition) is 1. The van der Waals surface area contributed by atoms with Crippen molar-refractivity contribution in [3.05, 3.63) is 52.9 Å². The van der Waals surface area contributed by atoms with Gasteiger partial charge in [-0.1, -0.05) is 24.3 Å². The Balaban J connectivity index is 1.80. The lowest BCUT2D eigenvalue weighted by atomic mass is 10.0. The van der Waals surface area contributed by atoms with Crippen molar-refractivity contribution in [2.24, 2.45) is 0 Å². The van der Waals surface area contributed by atoms with E-state index in [2.05, 4.69) is 14.7 Å². The first kappa shape index (κ1) is 14.2. The first-order valence-corrected chi connectivity index (χ1v) is 8.19. The van der Waals surface area contributed by atoms with E-state index in [-0.39, 0.29) is 11.1 Å². The largest absolute Gasteiger partial charge is 0.303 e. The van der Waals surface area contributed by atoms with Crippen LogP contribution < -0.4 is 4.72 Å². The van der Waals surface area contributed by atoms with Crippen molar-refractivity contribution in [2.45, 2.75) is 13.0 Å². The first-order valence-electron chi connectivity index (χ1n) is 6.38. The lowest BCUT2D eigenvalue weighted by Crippen LogP contribution is -2.39. The summed E-state index contributed by atoms with van der Waals surface area (Å²) < 4.78 is 28.6. The molecule has 1 aromatic carbocycles. The number of hydrogen-bond acceptors (Lipinski definition) is 4. The average molecular weight is 325 g/mol. The van der Waals surface area contributed by atoms with Gasteiger partial charge in [-0.2, -0.15) is 17.7 Å². The van der Waals surface area contributed by atoms with Crippen LogP contribution >= 0.6 is 11.6 Å². The molecule has 0 spiro atoms. The SMILES string of the molecule is O=S(=O)(Nc1ccnc(Cl)n1)N1CCc2ccccc2C1. The van der Waals surface area contributed by atoms with E-state index in [1.165, 1.54) is 22.1 Å². The fourth-order valence-corrected chi connectivity index (χ4v) is 3.56. The summed E-state index contributed by atoms with van der Waals surface area (Å²) in [6.45, 7) is 0.787. The topological polar surface area (TPSA) is 75.2 Å². The van der Waals surface area contributed by atoms with Gasteiger partial charge in [0.2, 0.25) is 5.28 Å². The molecule has 8 heteroatoms. The minimum atomic E-state index is -3.66.